The molecule has 1 aliphatic heterocycles. The van der Waals surface area contributed by atoms with Crippen molar-refractivity contribution < 1.29 is 13.6 Å². The van der Waals surface area contributed by atoms with Gasteiger partial charge in [0.15, 0.2) is 5.82 Å². The van der Waals surface area contributed by atoms with Crippen LogP contribution >= 0.6 is 0 Å². The SMILES string of the molecule is Cn1c(C(=O)N2CC(F)(F)C2)cc2ccc(-c3nccc(Nc4ccc(-c5c[nH]nn5)cc4)n3)cc21. The summed E-state index contributed by atoms with van der Waals surface area (Å²) in [5, 5.41) is 14.5. The predicted molar refractivity (Wildman–Crippen MR) is 130 cm³/mol. The van der Waals surface area contributed by atoms with Crippen molar-refractivity contribution in [2.45, 2.75) is 5.92 Å². The van der Waals surface area contributed by atoms with E-state index in [0.717, 1.165) is 38.3 Å². The largest absolute Gasteiger partial charge is 0.340 e. The molecule has 1 amide bonds. The molecule has 0 radical (unpaired) electrons. The topological polar surface area (TPSA) is 105 Å². The van der Waals surface area contributed by atoms with Crippen LogP contribution in [-0.2, 0) is 7.05 Å². The Bertz CT molecular complexity index is 1570. The molecule has 0 aliphatic carbocycles. The number of carbonyl (C=O) groups is 1. The fourth-order valence-electron chi connectivity index (χ4n) is 4.27. The number of aryl methyl sites for hydroxylation is 1. The number of benzene rings is 2. The molecule has 1 aliphatic rings. The molecule has 1 saturated heterocycles. The van der Waals surface area contributed by atoms with Crippen LogP contribution in [0, 0.1) is 0 Å². The first-order chi connectivity index (χ1) is 17.4. The zero-order valence-electron chi connectivity index (χ0n) is 19.1. The fraction of sp³-hybridized carbons (Fsp3) is 0.160. The number of carbonyl (C=O) groups excluding carboxylic acids is 1. The van der Waals surface area contributed by atoms with Gasteiger partial charge in [-0.3, -0.25) is 9.89 Å². The maximum absolute atomic E-state index is 13.2. The highest BCUT2D eigenvalue weighted by Gasteiger charge is 2.46. The Morgan fingerprint density at radius 3 is 2.56 bits per heavy atom. The number of nitrogens with one attached hydrogen (secondary N) is 2. The Kier molecular flexibility index (Phi) is 4.99. The fourth-order valence-corrected chi connectivity index (χ4v) is 4.27. The number of likely N-dealkylation sites (tertiary alicyclic amines) is 1. The lowest BCUT2D eigenvalue weighted by Crippen LogP contribution is -2.58. The molecular weight excluding hydrogens is 466 g/mol. The molecule has 1 fully saturated rings. The molecule has 6 rings (SSSR count). The van der Waals surface area contributed by atoms with Crippen LogP contribution in [0.4, 0.5) is 20.3 Å². The first-order valence-corrected chi connectivity index (χ1v) is 11.2. The second-order valence-electron chi connectivity index (χ2n) is 8.71. The van der Waals surface area contributed by atoms with E-state index in [-0.39, 0.29) is 0 Å². The summed E-state index contributed by atoms with van der Waals surface area (Å²) in [6.07, 6.45) is 3.40. The van der Waals surface area contributed by atoms with E-state index in [1.54, 1.807) is 36.1 Å². The number of nitrogens with zero attached hydrogens (tertiary/aromatic N) is 6. The standard InChI is InChI=1S/C25H20F2N8O/c1-34-20-11-17(3-2-16(20)10-21(34)24(36)35-13-25(26,27)14-35)23-28-9-8-22(31-23)30-18-6-4-15(5-7-18)19-12-29-33-32-19/h2-12H,13-14H2,1H3,(H,28,30,31)(H,29,32,33). The molecular formula is C25H20F2N8O. The maximum atomic E-state index is 13.2. The van der Waals surface area contributed by atoms with Crippen molar-refractivity contribution in [1.29, 1.82) is 0 Å². The van der Waals surface area contributed by atoms with Gasteiger partial charge in [0, 0.05) is 47.2 Å². The average molecular weight is 486 g/mol. The van der Waals surface area contributed by atoms with Crippen LogP contribution in [0.15, 0.2) is 67.0 Å². The average Bonchev–Trinajstić information content (AvgIpc) is 3.51. The highest BCUT2D eigenvalue weighted by atomic mass is 19.3. The summed E-state index contributed by atoms with van der Waals surface area (Å²) in [5.41, 5.74) is 4.47. The Morgan fingerprint density at radius 1 is 1.06 bits per heavy atom. The second-order valence-corrected chi connectivity index (χ2v) is 8.71. The number of fused-ring (bicyclic) bond motifs is 1. The van der Waals surface area contributed by atoms with Gasteiger partial charge in [-0.1, -0.05) is 29.5 Å². The van der Waals surface area contributed by atoms with E-state index in [0.29, 0.717) is 17.3 Å². The van der Waals surface area contributed by atoms with Gasteiger partial charge >= 0.3 is 0 Å². The first-order valence-electron chi connectivity index (χ1n) is 11.2. The van der Waals surface area contributed by atoms with Crippen molar-refractivity contribution in [2.75, 3.05) is 18.4 Å². The maximum Gasteiger partial charge on any atom is 0.282 e. The number of hydrogen-bond acceptors (Lipinski definition) is 6. The van der Waals surface area contributed by atoms with Gasteiger partial charge in [0.2, 0.25) is 0 Å². The number of halogens is 2. The van der Waals surface area contributed by atoms with E-state index in [9.17, 15) is 13.6 Å². The first kappa shape index (κ1) is 21.8. The lowest BCUT2D eigenvalue weighted by Gasteiger charge is -2.38. The summed E-state index contributed by atoms with van der Waals surface area (Å²) in [6.45, 7) is -1.09. The van der Waals surface area contributed by atoms with Crippen molar-refractivity contribution in [3.63, 3.8) is 0 Å². The molecule has 36 heavy (non-hydrogen) atoms. The van der Waals surface area contributed by atoms with Crippen LogP contribution in [0.3, 0.4) is 0 Å². The highest BCUT2D eigenvalue weighted by molar-refractivity contribution is 6.00. The third-order valence-electron chi connectivity index (χ3n) is 6.18. The number of aromatic nitrogens is 6. The molecule has 5 aromatic rings. The van der Waals surface area contributed by atoms with Crippen LogP contribution in [0.2, 0.25) is 0 Å². The zero-order chi connectivity index (χ0) is 24.9. The van der Waals surface area contributed by atoms with E-state index < -0.39 is 24.9 Å². The van der Waals surface area contributed by atoms with E-state index >= 15 is 0 Å². The minimum absolute atomic E-state index is 0.364. The van der Waals surface area contributed by atoms with Gasteiger partial charge in [0.25, 0.3) is 11.8 Å². The number of amides is 1. The van der Waals surface area contributed by atoms with E-state index in [1.165, 1.54) is 0 Å². The molecule has 0 unspecified atom stereocenters. The highest BCUT2D eigenvalue weighted by Crippen LogP contribution is 2.31. The predicted octanol–water partition coefficient (Wildman–Crippen LogP) is 4.26. The molecule has 3 aromatic heterocycles. The smallest absolute Gasteiger partial charge is 0.282 e. The van der Waals surface area contributed by atoms with Crippen LogP contribution in [0.5, 0.6) is 0 Å². The summed E-state index contributed by atoms with van der Waals surface area (Å²) in [4.78, 5) is 22.9. The van der Waals surface area contributed by atoms with Crippen molar-refractivity contribution in [1.82, 2.24) is 34.8 Å². The number of alkyl halides is 2. The minimum Gasteiger partial charge on any atom is -0.340 e. The summed E-state index contributed by atoms with van der Waals surface area (Å²) in [6, 6.07) is 16.9. The number of H-pyrrole nitrogens is 1. The quantitative estimate of drug-likeness (QED) is 0.385. The molecule has 2 aromatic carbocycles. The third kappa shape index (κ3) is 3.94. The Balaban J connectivity index is 1.24. The number of anilines is 2. The lowest BCUT2D eigenvalue weighted by molar-refractivity contribution is -0.113. The van der Waals surface area contributed by atoms with Gasteiger partial charge in [-0.05, 0) is 30.3 Å². The van der Waals surface area contributed by atoms with Crippen LogP contribution in [-0.4, -0.2) is 59.8 Å². The molecule has 2 N–H and O–H groups in total. The molecule has 11 heteroatoms. The second kappa shape index (κ2) is 8.22. The van der Waals surface area contributed by atoms with E-state index in [4.69, 9.17) is 0 Å². The van der Waals surface area contributed by atoms with Gasteiger partial charge in [0.1, 0.15) is 17.2 Å². The van der Waals surface area contributed by atoms with Crippen molar-refractivity contribution >= 4 is 28.3 Å². The van der Waals surface area contributed by atoms with Crippen molar-refractivity contribution in [3.05, 3.63) is 72.7 Å². The van der Waals surface area contributed by atoms with Crippen LogP contribution in [0.25, 0.3) is 33.5 Å². The summed E-state index contributed by atoms with van der Waals surface area (Å²) in [7, 11) is 1.75. The Morgan fingerprint density at radius 2 is 1.83 bits per heavy atom. The number of hydrogen-bond donors (Lipinski definition) is 2. The molecule has 180 valence electrons. The van der Waals surface area contributed by atoms with Gasteiger partial charge < -0.3 is 14.8 Å². The van der Waals surface area contributed by atoms with Gasteiger partial charge in [-0.25, -0.2) is 18.7 Å². The van der Waals surface area contributed by atoms with Crippen molar-refractivity contribution in [3.8, 4) is 22.6 Å². The van der Waals surface area contributed by atoms with Crippen LogP contribution in [0.1, 0.15) is 10.5 Å². The molecule has 4 heterocycles. The van der Waals surface area contributed by atoms with Gasteiger partial charge in [-0.15, -0.1) is 5.10 Å². The summed E-state index contributed by atoms with van der Waals surface area (Å²) < 4.78 is 28.2. The molecule has 9 nitrogen and oxygen atoms in total. The minimum atomic E-state index is -2.80. The van der Waals surface area contributed by atoms with Crippen LogP contribution < -0.4 is 5.32 Å². The van der Waals surface area contributed by atoms with Gasteiger partial charge in [-0.2, -0.15) is 0 Å². The van der Waals surface area contributed by atoms with Crippen molar-refractivity contribution in [2.24, 2.45) is 7.05 Å². The van der Waals surface area contributed by atoms with Gasteiger partial charge in [0.05, 0.1) is 13.1 Å². The molecule has 0 spiro atoms. The molecule has 0 bridgehead atoms. The molecule has 0 atom stereocenters. The lowest BCUT2D eigenvalue weighted by atomic mass is 10.1. The number of rotatable bonds is 5. The Hall–Kier alpha value is -4.67. The van der Waals surface area contributed by atoms with E-state index in [2.05, 4.69) is 30.7 Å². The monoisotopic (exact) mass is 486 g/mol. The normalized spacial score (nSPS) is 14.6. The molecule has 0 saturated carbocycles. The van der Waals surface area contributed by atoms with E-state index in [1.807, 2.05) is 42.5 Å². The third-order valence-corrected chi connectivity index (χ3v) is 6.18. The summed E-state index contributed by atoms with van der Waals surface area (Å²) in [5.74, 6) is -2.07. The Labute approximate surface area is 203 Å². The zero-order valence-corrected chi connectivity index (χ0v) is 19.1. The summed E-state index contributed by atoms with van der Waals surface area (Å²) >= 11 is 0. The number of aromatic amines is 1.